The largest absolute Gasteiger partial charge is 0.508 e. The van der Waals surface area contributed by atoms with E-state index < -0.39 is 0 Å². The molecule has 0 atom stereocenters. The Hall–Kier alpha value is -3.10. The topological polar surface area (TPSA) is 109 Å². The Balaban J connectivity index is 1.73. The number of halogens is 2. The number of nitrogens with one attached hydrogen (secondary N) is 2. The molecule has 10 heteroatoms. The number of hydrogen-bond donors (Lipinski definition) is 3. The zero-order chi connectivity index (χ0) is 18.1. The molecule has 0 bridgehead atoms. The average Bonchev–Trinajstić information content (AvgIpc) is 3.07. The highest BCUT2D eigenvalue weighted by atomic mass is 35.5. The van der Waals surface area contributed by atoms with Crippen LogP contribution in [-0.4, -0.2) is 25.4 Å². The fourth-order valence-electron chi connectivity index (χ4n) is 2.20. The van der Waals surface area contributed by atoms with Gasteiger partial charge in [-0.05, 0) is 52.8 Å². The molecule has 0 radical (unpaired) electrons. The minimum atomic E-state index is 0.159. The molecule has 4 aromatic rings. The fraction of sp³-hybridized carbons (Fsp3) is 0. The highest BCUT2D eigenvalue weighted by Gasteiger charge is 2.14. The lowest BCUT2D eigenvalue weighted by molar-refractivity contribution is 0.314. The van der Waals surface area contributed by atoms with Crippen molar-refractivity contribution in [2.45, 2.75) is 0 Å². The highest BCUT2D eigenvalue weighted by Crippen LogP contribution is 2.30. The second kappa shape index (κ2) is 6.66. The maximum atomic E-state index is 9.41. The van der Waals surface area contributed by atoms with E-state index in [2.05, 4.69) is 35.5 Å². The monoisotopic (exact) mass is 388 g/mol. The third-order valence-corrected chi connectivity index (χ3v) is 4.17. The summed E-state index contributed by atoms with van der Waals surface area (Å²) in [5.74, 6) is 0.941. The van der Waals surface area contributed by atoms with Crippen molar-refractivity contribution in [1.29, 1.82) is 0 Å². The van der Waals surface area contributed by atoms with E-state index in [0.29, 0.717) is 33.1 Å². The molecule has 0 spiro atoms. The SMILES string of the molecule is Oc1ccc(Nc2nc3nonc3nc2Nc2ccc(Cl)c(Cl)c2)cc1. The molecule has 0 amide bonds. The fourth-order valence-corrected chi connectivity index (χ4v) is 2.50. The molecule has 26 heavy (non-hydrogen) atoms. The number of aromatic hydroxyl groups is 1. The van der Waals surface area contributed by atoms with Gasteiger partial charge < -0.3 is 15.7 Å². The van der Waals surface area contributed by atoms with E-state index in [1.165, 1.54) is 0 Å². The zero-order valence-corrected chi connectivity index (χ0v) is 14.5. The van der Waals surface area contributed by atoms with Crippen LogP contribution in [0.3, 0.4) is 0 Å². The first kappa shape index (κ1) is 16.4. The van der Waals surface area contributed by atoms with Crippen molar-refractivity contribution in [2.24, 2.45) is 0 Å². The summed E-state index contributed by atoms with van der Waals surface area (Å²) >= 11 is 12.0. The van der Waals surface area contributed by atoms with E-state index in [9.17, 15) is 5.11 Å². The first-order valence-corrected chi connectivity index (χ1v) is 8.12. The van der Waals surface area contributed by atoms with Gasteiger partial charge in [-0.1, -0.05) is 23.2 Å². The van der Waals surface area contributed by atoms with Crippen LogP contribution in [0.2, 0.25) is 10.0 Å². The Morgan fingerprint density at radius 1 is 0.769 bits per heavy atom. The summed E-state index contributed by atoms with van der Waals surface area (Å²) in [7, 11) is 0. The third kappa shape index (κ3) is 3.32. The standard InChI is InChI=1S/C16H10Cl2N6O2/c17-11-6-3-9(7-12(11)18)20-14-13(19-8-1-4-10(25)5-2-8)21-15-16(22-14)24-26-23-15/h1-7,25H,(H,19,21,23)(H,20,22,24). The Morgan fingerprint density at radius 3 is 1.96 bits per heavy atom. The molecule has 8 nitrogen and oxygen atoms in total. The van der Waals surface area contributed by atoms with E-state index in [0.717, 1.165) is 0 Å². The molecule has 0 aliphatic carbocycles. The van der Waals surface area contributed by atoms with E-state index in [4.69, 9.17) is 23.2 Å². The summed E-state index contributed by atoms with van der Waals surface area (Å²) < 4.78 is 4.67. The van der Waals surface area contributed by atoms with Crippen LogP contribution in [0.4, 0.5) is 23.0 Å². The molecule has 2 aromatic heterocycles. The van der Waals surface area contributed by atoms with Gasteiger partial charge in [-0.3, -0.25) is 0 Å². The summed E-state index contributed by atoms with van der Waals surface area (Å²) in [5.41, 5.74) is 1.87. The molecule has 0 unspecified atom stereocenters. The highest BCUT2D eigenvalue weighted by molar-refractivity contribution is 6.42. The molecule has 2 aromatic carbocycles. The van der Waals surface area contributed by atoms with Crippen LogP contribution in [0, 0.1) is 0 Å². The van der Waals surface area contributed by atoms with Crippen LogP contribution < -0.4 is 10.6 Å². The zero-order valence-electron chi connectivity index (χ0n) is 12.9. The minimum Gasteiger partial charge on any atom is -0.508 e. The quantitative estimate of drug-likeness (QED) is 0.438. The summed E-state index contributed by atoms with van der Waals surface area (Å²) in [6, 6.07) is 11.6. The lowest BCUT2D eigenvalue weighted by Crippen LogP contribution is -2.03. The lowest BCUT2D eigenvalue weighted by atomic mass is 10.3. The second-order valence-corrected chi connectivity index (χ2v) is 6.07. The Labute approximate surface area is 156 Å². The van der Waals surface area contributed by atoms with Crippen LogP contribution in [-0.2, 0) is 0 Å². The predicted molar refractivity (Wildman–Crippen MR) is 98.5 cm³/mol. The van der Waals surface area contributed by atoms with Crippen molar-refractivity contribution < 1.29 is 9.74 Å². The van der Waals surface area contributed by atoms with Gasteiger partial charge in [-0.25, -0.2) is 14.6 Å². The number of nitrogens with zero attached hydrogens (tertiary/aromatic N) is 4. The van der Waals surface area contributed by atoms with Gasteiger partial charge >= 0.3 is 0 Å². The number of benzene rings is 2. The van der Waals surface area contributed by atoms with Crippen LogP contribution >= 0.6 is 23.2 Å². The first-order chi connectivity index (χ1) is 12.6. The van der Waals surface area contributed by atoms with Crippen LogP contribution in [0.5, 0.6) is 5.75 Å². The number of aromatic nitrogens is 4. The van der Waals surface area contributed by atoms with Gasteiger partial charge in [-0.2, -0.15) is 0 Å². The second-order valence-electron chi connectivity index (χ2n) is 5.26. The van der Waals surface area contributed by atoms with Gasteiger partial charge in [0.05, 0.1) is 10.0 Å². The summed E-state index contributed by atoms with van der Waals surface area (Å²) in [5, 5.41) is 23.9. The molecule has 0 aliphatic heterocycles. The van der Waals surface area contributed by atoms with Crippen molar-refractivity contribution in [2.75, 3.05) is 10.6 Å². The number of anilines is 4. The Bertz CT molecular complexity index is 1080. The van der Waals surface area contributed by atoms with Gasteiger partial charge in [0.25, 0.3) is 0 Å². The molecule has 3 N–H and O–H groups in total. The van der Waals surface area contributed by atoms with Gasteiger partial charge in [0.2, 0.25) is 11.3 Å². The smallest absolute Gasteiger partial charge is 0.245 e. The Morgan fingerprint density at radius 2 is 1.35 bits per heavy atom. The van der Waals surface area contributed by atoms with Crippen molar-refractivity contribution in [1.82, 2.24) is 20.3 Å². The number of fused-ring (bicyclic) bond motifs is 1. The number of phenols is 1. The molecular formula is C16H10Cl2N6O2. The van der Waals surface area contributed by atoms with E-state index in [1.807, 2.05) is 0 Å². The van der Waals surface area contributed by atoms with Crippen molar-refractivity contribution in [3.05, 3.63) is 52.5 Å². The average molecular weight is 389 g/mol. The Kier molecular flexibility index (Phi) is 4.19. The number of hydrogen-bond acceptors (Lipinski definition) is 8. The van der Waals surface area contributed by atoms with Crippen LogP contribution in [0.1, 0.15) is 0 Å². The molecular weight excluding hydrogens is 379 g/mol. The summed E-state index contributed by atoms with van der Waals surface area (Å²) in [4.78, 5) is 8.73. The molecule has 0 fully saturated rings. The van der Waals surface area contributed by atoms with Crippen LogP contribution in [0.25, 0.3) is 11.3 Å². The molecule has 0 saturated carbocycles. The van der Waals surface area contributed by atoms with Crippen molar-refractivity contribution >= 4 is 57.5 Å². The predicted octanol–water partition coefficient (Wildman–Crippen LogP) is 4.51. The normalized spacial score (nSPS) is 10.8. The first-order valence-electron chi connectivity index (χ1n) is 7.37. The van der Waals surface area contributed by atoms with Gasteiger partial charge in [0.1, 0.15) is 5.75 Å². The molecule has 0 saturated heterocycles. The summed E-state index contributed by atoms with van der Waals surface area (Å²) in [6.45, 7) is 0. The number of rotatable bonds is 4. The van der Waals surface area contributed by atoms with E-state index in [1.54, 1.807) is 42.5 Å². The lowest BCUT2D eigenvalue weighted by Gasteiger charge is -2.12. The maximum Gasteiger partial charge on any atom is 0.245 e. The van der Waals surface area contributed by atoms with E-state index >= 15 is 0 Å². The summed E-state index contributed by atoms with van der Waals surface area (Å²) in [6.07, 6.45) is 0. The third-order valence-electron chi connectivity index (χ3n) is 3.43. The molecule has 130 valence electrons. The number of phenolic OH excluding ortho intramolecular Hbond substituents is 1. The molecule has 2 heterocycles. The maximum absolute atomic E-state index is 9.41. The minimum absolute atomic E-state index is 0.159. The van der Waals surface area contributed by atoms with Crippen molar-refractivity contribution in [3.63, 3.8) is 0 Å². The van der Waals surface area contributed by atoms with Gasteiger partial charge in [0.15, 0.2) is 11.6 Å². The van der Waals surface area contributed by atoms with Crippen LogP contribution in [0.15, 0.2) is 47.1 Å². The van der Waals surface area contributed by atoms with Gasteiger partial charge in [0, 0.05) is 11.4 Å². The van der Waals surface area contributed by atoms with Gasteiger partial charge in [-0.15, -0.1) is 0 Å². The molecule has 0 aliphatic rings. The van der Waals surface area contributed by atoms with Crippen molar-refractivity contribution in [3.8, 4) is 5.75 Å². The van der Waals surface area contributed by atoms with E-state index in [-0.39, 0.29) is 17.0 Å². The molecule has 4 rings (SSSR count).